The lowest BCUT2D eigenvalue weighted by molar-refractivity contribution is 0.425. The Bertz CT molecular complexity index is 1250. The molecule has 0 bridgehead atoms. The zero-order chi connectivity index (χ0) is 22.7. The molecule has 0 atom stereocenters. The molecular weight excluding hydrogens is 400 g/mol. The van der Waals surface area contributed by atoms with Crippen molar-refractivity contribution in [3.63, 3.8) is 0 Å². The van der Waals surface area contributed by atoms with Crippen molar-refractivity contribution in [1.82, 2.24) is 24.4 Å². The van der Waals surface area contributed by atoms with Crippen molar-refractivity contribution in [1.29, 1.82) is 0 Å². The number of benzene rings is 2. The van der Waals surface area contributed by atoms with Gasteiger partial charge in [0.2, 0.25) is 0 Å². The standard InChI is InChI=1S/C25H30N6O/c1-17-15-21-22(16-20(17)26-12-14-30(3)4)31(13-8-11-19-9-6-5-7-10-19)24-23(29-21)25(32)28-18(2)27-24/h5-7,9-10,15-16,26H,8,11-14H2,1-4H3. The van der Waals surface area contributed by atoms with Gasteiger partial charge in [-0.15, -0.1) is 0 Å². The maximum absolute atomic E-state index is 12.6. The van der Waals surface area contributed by atoms with E-state index in [1.165, 1.54) is 5.56 Å². The highest BCUT2D eigenvalue weighted by molar-refractivity contribution is 5.84. The molecular formula is C25H30N6O. The number of likely N-dealkylation sites (N-methyl/N-ethyl adjacent to an activating group) is 1. The van der Waals surface area contributed by atoms with Gasteiger partial charge >= 0.3 is 5.56 Å². The molecule has 0 fully saturated rings. The molecule has 0 aliphatic carbocycles. The molecule has 7 nitrogen and oxygen atoms in total. The van der Waals surface area contributed by atoms with Crippen LogP contribution in [-0.4, -0.2) is 51.6 Å². The lowest BCUT2D eigenvalue weighted by Gasteiger charge is -2.20. The van der Waals surface area contributed by atoms with Crippen molar-refractivity contribution >= 4 is 16.7 Å². The van der Waals surface area contributed by atoms with Crippen molar-refractivity contribution < 1.29 is 0 Å². The first-order valence-electron chi connectivity index (χ1n) is 11.0. The van der Waals surface area contributed by atoms with Crippen LogP contribution in [0.15, 0.2) is 47.3 Å². The van der Waals surface area contributed by atoms with Gasteiger partial charge < -0.3 is 14.8 Å². The SMILES string of the molecule is Cc1nc2n(CCCc3ccccc3)c3cc(NCCN(C)C)c(C)cc3nc-2c(=O)n1. The number of nitrogens with zero attached hydrogens (tertiary/aromatic N) is 5. The Labute approximate surface area is 188 Å². The Hall–Kier alpha value is -3.32. The van der Waals surface area contributed by atoms with E-state index >= 15 is 0 Å². The van der Waals surface area contributed by atoms with Crippen molar-refractivity contribution in [2.24, 2.45) is 0 Å². The Balaban J connectivity index is 1.77. The molecule has 1 N–H and O–H groups in total. The van der Waals surface area contributed by atoms with E-state index in [-0.39, 0.29) is 5.56 Å². The second-order valence-electron chi connectivity index (χ2n) is 8.49. The molecule has 0 aromatic heterocycles. The molecule has 2 aliphatic rings. The average Bonchev–Trinajstić information content (AvgIpc) is 2.75. The van der Waals surface area contributed by atoms with Crippen molar-refractivity contribution in [2.45, 2.75) is 33.2 Å². The molecule has 2 aliphatic heterocycles. The summed E-state index contributed by atoms with van der Waals surface area (Å²) in [5.41, 5.74) is 5.24. The van der Waals surface area contributed by atoms with E-state index in [1.807, 2.05) is 12.1 Å². The largest absolute Gasteiger partial charge is 0.383 e. The van der Waals surface area contributed by atoms with Crippen LogP contribution in [0, 0.1) is 13.8 Å². The van der Waals surface area contributed by atoms with Crippen LogP contribution in [0.2, 0.25) is 0 Å². The normalized spacial score (nSPS) is 11.5. The van der Waals surface area contributed by atoms with E-state index < -0.39 is 0 Å². The summed E-state index contributed by atoms with van der Waals surface area (Å²) < 4.78 is 2.13. The fraction of sp³-hybridized carbons (Fsp3) is 0.360. The maximum atomic E-state index is 12.6. The summed E-state index contributed by atoms with van der Waals surface area (Å²) in [7, 11) is 4.13. The molecule has 2 aromatic rings. The molecule has 7 heteroatoms. The average molecular weight is 431 g/mol. The zero-order valence-electron chi connectivity index (χ0n) is 19.2. The van der Waals surface area contributed by atoms with Crippen LogP contribution in [-0.2, 0) is 13.0 Å². The maximum Gasteiger partial charge on any atom is 0.301 e. The van der Waals surface area contributed by atoms with E-state index in [4.69, 9.17) is 0 Å². The highest BCUT2D eigenvalue weighted by Gasteiger charge is 2.19. The summed E-state index contributed by atoms with van der Waals surface area (Å²) in [6.45, 7) is 6.34. The van der Waals surface area contributed by atoms with Crippen molar-refractivity contribution in [3.8, 4) is 11.5 Å². The monoisotopic (exact) mass is 430 g/mol. The number of hydrogen-bond donors (Lipinski definition) is 1. The second kappa shape index (κ2) is 9.44. The van der Waals surface area contributed by atoms with Crippen LogP contribution in [0.3, 0.4) is 0 Å². The highest BCUT2D eigenvalue weighted by Crippen LogP contribution is 2.27. The van der Waals surface area contributed by atoms with Crippen molar-refractivity contribution in [2.75, 3.05) is 32.5 Å². The first-order valence-corrected chi connectivity index (χ1v) is 11.0. The van der Waals surface area contributed by atoms with Gasteiger partial charge in [0.15, 0.2) is 11.5 Å². The first-order chi connectivity index (χ1) is 15.4. The molecule has 2 aromatic carbocycles. The zero-order valence-corrected chi connectivity index (χ0v) is 19.2. The van der Waals surface area contributed by atoms with Crippen LogP contribution < -0.4 is 10.9 Å². The summed E-state index contributed by atoms with van der Waals surface area (Å²) in [4.78, 5) is 28.0. The van der Waals surface area contributed by atoms with Crippen LogP contribution in [0.5, 0.6) is 0 Å². The minimum atomic E-state index is -0.322. The predicted octanol–water partition coefficient (Wildman–Crippen LogP) is 3.51. The lowest BCUT2D eigenvalue weighted by atomic mass is 10.1. The van der Waals surface area contributed by atoms with Gasteiger partial charge in [0, 0.05) is 25.3 Å². The molecule has 0 unspecified atom stereocenters. The minimum absolute atomic E-state index is 0.322. The van der Waals surface area contributed by atoms with Crippen LogP contribution in [0.4, 0.5) is 5.69 Å². The molecule has 0 saturated heterocycles. The Morgan fingerprint density at radius 2 is 1.81 bits per heavy atom. The molecule has 4 rings (SSSR count). The number of aromatic nitrogens is 4. The summed E-state index contributed by atoms with van der Waals surface area (Å²) in [5.74, 6) is 1.07. The third-order valence-corrected chi connectivity index (χ3v) is 5.61. The quantitative estimate of drug-likeness (QED) is 0.431. The van der Waals surface area contributed by atoms with Gasteiger partial charge in [-0.3, -0.25) is 4.79 Å². The van der Waals surface area contributed by atoms with Crippen LogP contribution in [0.1, 0.15) is 23.4 Å². The number of fused-ring (bicyclic) bond motifs is 2. The van der Waals surface area contributed by atoms with E-state index in [0.29, 0.717) is 17.3 Å². The summed E-state index contributed by atoms with van der Waals surface area (Å²) >= 11 is 0. The third kappa shape index (κ3) is 4.78. The smallest absolute Gasteiger partial charge is 0.301 e. The topological polar surface area (TPSA) is 75.9 Å². The Kier molecular flexibility index (Phi) is 6.46. The number of aryl methyl sites for hydroxylation is 4. The highest BCUT2D eigenvalue weighted by atomic mass is 16.1. The van der Waals surface area contributed by atoms with Gasteiger partial charge in [0.25, 0.3) is 0 Å². The summed E-state index contributed by atoms with van der Waals surface area (Å²) in [5, 5.41) is 3.54. The van der Waals surface area contributed by atoms with Gasteiger partial charge in [0.05, 0.1) is 11.0 Å². The number of anilines is 1. The molecule has 0 amide bonds. The van der Waals surface area contributed by atoms with Crippen molar-refractivity contribution in [3.05, 3.63) is 69.8 Å². The Morgan fingerprint density at radius 1 is 1.03 bits per heavy atom. The number of nitrogens with one attached hydrogen (secondary N) is 1. The van der Waals surface area contributed by atoms with E-state index in [9.17, 15) is 4.79 Å². The van der Waals surface area contributed by atoms with Gasteiger partial charge in [-0.25, -0.2) is 9.97 Å². The van der Waals surface area contributed by atoms with E-state index in [1.54, 1.807) is 6.92 Å². The Morgan fingerprint density at radius 3 is 2.56 bits per heavy atom. The van der Waals surface area contributed by atoms with E-state index in [0.717, 1.165) is 54.8 Å². The predicted molar refractivity (Wildman–Crippen MR) is 129 cm³/mol. The van der Waals surface area contributed by atoms with Gasteiger partial charge in [-0.2, -0.15) is 4.98 Å². The molecule has 2 heterocycles. The lowest BCUT2D eigenvalue weighted by Crippen LogP contribution is -2.22. The first kappa shape index (κ1) is 21.9. The third-order valence-electron chi connectivity index (χ3n) is 5.61. The van der Waals surface area contributed by atoms with Gasteiger partial charge in [-0.1, -0.05) is 30.3 Å². The fourth-order valence-electron chi connectivity index (χ4n) is 3.95. The molecule has 166 valence electrons. The number of hydrogen-bond acceptors (Lipinski definition) is 6. The van der Waals surface area contributed by atoms with Gasteiger partial charge in [0.1, 0.15) is 5.82 Å². The fourth-order valence-corrected chi connectivity index (χ4v) is 3.95. The summed E-state index contributed by atoms with van der Waals surface area (Å²) in [6.07, 6.45) is 1.88. The number of rotatable bonds is 8. The minimum Gasteiger partial charge on any atom is -0.383 e. The molecule has 32 heavy (non-hydrogen) atoms. The molecule has 0 radical (unpaired) electrons. The van der Waals surface area contributed by atoms with E-state index in [2.05, 4.69) is 81.1 Å². The molecule has 0 spiro atoms. The van der Waals surface area contributed by atoms with Crippen LogP contribution in [0.25, 0.3) is 22.6 Å². The second-order valence-corrected chi connectivity index (χ2v) is 8.49. The van der Waals surface area contributed by atoms with Crippen LogP contribution >= 0.6 is 0 Å². The molecule has 0 saturated carbocycles. The summed E-state index contributed by atoms with van der Waals surface area (Å²) in [6, 6.07) is 14.6. The van der Waals surface area contributed by atoms with Gasteiger partial charge in [-0.05, 0) is 64.0 Å².